The van der Waals surface area contributed by atoms with Crippen molar-refractivity contribution >= 4 is 26.5 Å². The van der Waals surface area contributed by atoms with E-state index in [4.69, 9.17) is 18.0 Å². The van der Waals surface area contributed by atoms with E-state index in [2.05, 4.69) is 45.0 Å². The van der Waals surface area contributed by atoms with Gasteiger partial charge in [-0.25, -0.2) is 4.57 Å². The maximum Gasteiger partial charge on any atom is 0.474 e. The smallest absolute Gasteiger partial charge is 0.405 e. The SMILES string of the molecule is COP(=O)(OC)OCC(O)CO[Si](c1ccccc1)(c1ccccc1)C(C)(C)C. The normalized spacial score (nSPS) is 14.0. The van der Waals surface area contributed by atoms with E-state index in [0.717, 1.165) is 10.4 Å². The lowest BCUT2D eigenvalue weighted by Crippen LogP contribution is -2.67. The third-order valence-electron chi connectivity index (χ3n) is 4.78. The van der Waals surface area contributed by atoms with Crippen molar-refractivity contribution in [2.45, 2.75) is 31.9 Å². The topological polar surface area (TPSA) is 74.2 Å². The lowest BCUT2D eigenvalue weighted by atomic mass is 10.2. The first-order valence-corrected chi connectivity index (χ1v) is 12.8. The molecule has 0 aliphatic rings. The Bertz CT molecular complexity index is 746. The van der Waals surface area contributed by atoms with Crippen LogP contribution in [0.1, 0.15) is 20.8 Å². The number of phosphoric ester groups is 1. The zero-order valence-corrected chi connectivity index (χ0v) is 19.6. The molecular weight excluding hydrogens is 407 g/mol. The maximum atomic E-state index is 12.0. The number of benzene rings is 2. The molecule has 0 amide bonds. The van der Waals surface area contributed by atoms with Gasteiger partial charge < -0.3 is 9.53 Å². The highest BCUT2D eigenvalue weighted by atomic mass is 31.2. The largest absolute Gasteiger partial charge is 0.474 e. The molecule has 0 aromatic heterocycles. The number of hydrogen-bond donors (Lipinski definition) is 1. The van der Waals surface area contributed by atoms with E-state index in [1.165, 1.54) is 14.2 Å². The molecule has 0 aliphatic carbocycles. The van der Waals surface area contributed by atoms with Gasteiger partial charge >= 0.3 is 7.82 Å². The van der Waals surface area contributed by atoms with Gasteiger partial charge in [0.1, 0.15) is 0 Å². The summed E-state index contributed by atoms with van der Waals surface area (Å²) in [4.78, 5) is 0. The van der Waals surface area contributed by atoms with Crippen LogP contribution >= 0.6 is 7.82 Å². The second-order valence-electron chi connectivity index (χ2n) is 7.74. The number of phosphoric acid groups is 1. The van der Waals surface area contributed by atoms with E-state index in [9.17, 15) is 9.67 Å². The molecule has 2 rings (SSSR count). The van der Waals surface area contributed by atoms with Gasteiger partial charge in [-0.05, 0) is 15.4 Å². The fraction of sp³-hybridized carbons (Fsp3) is 0.429. The van der Waals surface area contributed by atoms with Crippen LogP contribution in [-0.2, 0) is 22.6 Å². The van der Waals surface area contributed by atoms with Gasteiger partial charge in [0.2, 0.25) is 0 Å². The average Bonchev–Trinajstić information content (AvgIpc) is 2.73. The zero-order valence-electron chi connectivity index (χ0n) is 17.7. The number of aliphatic hydroxyl groups excluding tert-OH is 1. The Morgan fingerprint density at radius 2 is 1.34 bits per heavy atom. The van der Waals surface area contributed by atoms with Crippen LogP contribution in [0.15, 0.2) is 60.7 Å². The molecule has 0 saturated carbocycles. The van der Waals surface area contributed by atoms with Crippen molar-refractivity contribution in [2.24, 2.45) is 0 Å². The third-order valence-corrected chi connectivity index (χ3v) is 11.1. The Morgan fingerprint density at radius 1 is 0.897 bits per heavy atom. The molecule has 29 heavy (non-hydrogen) atoms. The minimum absolute atomic E-state index is 0.0285. The molecule has 8 heteroatoms. The van der Waals surface area contributed by atoms with Crippen LogP contribution in [0.25, 0.3) is 0 Å². The quantitative estimate of drug-likeness (QED) is 0.453. The molecule has 0 radical (unpaired) electrons. The lowest BCUT2D eigenvalue weighted by Gasteiger charge is -2.43. The summed E-state index contributed by atoms with van der Waals surface area (Å²) in [5.74, 6) is 0. The van der Waals surface area contributed by atoms with E-state index in [1.807, 2.05) is 36.4 Å². The summed E-state index contributed by atoms with van der Waals surface area (Å²) in [6.07, 6.45) is -0.990. The molecule has 1 unspecified atom stereocenters. The Hall–Kier alpha value is -1.31. The van der Waals surface area contributed by atoms with Gasteiger partial charge in [0, 0.05) is 14.2 Å². The Labute approximate surface area is 174 Å². The number of hydrogen-bond acceptors (Lipinski definition) is 6. The molecule has 0 aliphatic heterocycles. The highest BCUT2D eigenvalue weighted by Crippen LogP contribution is 2.47. The molecule has 0 heterocycles. The molecule has 1 N–H and O–H groups in total. The third kappa shape index (κ3) is 5.64. The van der Waals surface area contributed by atoms with Crippen molar-refractivity contribution in [3.05, 3.63) is 60.7 Å². The minimum atomic E-state index is -3.65. The van der Waals surface area contributed by atoms with Crippen molar-refractivity contribution in [2.75, 3.05) is 27.4 Å². The van der Waals surface area contributed by atoms with Crippen LogP contribution in [0.3, 0.4) is 0 Å². The summed E-state index contributed by atoms with van der Waals surface area (Å²) in [6, 6.07) is 20.3. The lowest BCUT2D eigenvalue weighted by molar-refractivity contribution is 0.0406. The highest BCUT2D eigenvalue weighted by molar-refractivity contribution is 7.48. The van der Waals surface area contributed by atoms with Crippen molar-refractivity contribution in [3.63, 3.8) is 0 Å². The maximum absolute atomic E-state index is 12.0. The van der Waals surface area contributed by atoms with Crippen LogP contribution < -0.4 is 10.4 Å². The standard InChI is InChI=1S/C21H31O6PSi/c1-21(2,3)29(19-12-8-6-9-13-19,20-14-10-7-11-15-20)27-17-18(22)16-26-28(23,24-4)25-5/h6-15,18,22H,16-17H2,1-5H3. The Kier molecular flexibility index (Phi) is 8.37. The Morgan fingerprint density at radius 3 is 1.72 bits per heavy atom. The summed E-state index contributed by atoms with van der Waals surface area (Å²) >= 11 is 0. The molecule has 0 fully saturated rings. The van der Waals surface area contributed by atoms with Crippen molar-refractivity contribution in [1.29, 1.82) is 0 Å². The van der Waals surface area contributed by atoms with Crippen LogP contribution in [0.4, 0.5) is 0 Å². The van der Waals surface area contributed by atoms with Gasteiger partial charge in [0.15, 0.2) is 0 Å². The van der Waals surface area contributed by atoms with Crippen LogP contribution in [-0.4, -0.2) is 47.0 Å². The fourth-order valence-electron chi connectivity index (χ4n) is 3.39. The first-order valence-electron chi connectivity index (χ1n) is 9.47. The highest BCUT2D eigenvalue weighted by Gasteiger charge is 2.50. The molecule has 160 valence electrons. The van der Waals surface area contributed by atoms with Gasteiger partial charge in [-0.2, -0.15) is 0 Å². The molecular formula is C21H31O6PSi. The summed E-state index contributed by atoms with van der Waals surface area (Å²) in [7, 11) is -3.94. The van der Waals surface area contributed by atoms with Gasteiger partial charge in [-0.3, -0.25) is 13.6 Å². The van der Waals surface area contributed by atoms with Crippen LogP contribution in [0.5, 0.6) is 0 Å². The van der Waals surface area contributed by atoms with Crippen molar-refractivity contribution in [3.8, 4) is 0 Å². The van der Waals surface area contributed by atoms with E-state index < -0.39 is 22.2 Å². The van der Waals surface area contributed by atoms with Gasteiger partial charge in [-0.15, -0.1) is 0 Å². The Balaban J connectivity index is 2.33. The number of aliphatic hydroxyl groups is 1. The van der Waals surface area contributed by atoms with Crippen molar-refractivity contribution < 1.29 is 27.7 Å². The first kappa shape index (κ1) is 24.0. The fourth-order valence-corrected chi connectivity index (χ4v) is 8.70. The van der Waals surface area contributed by atoms with Gasteiger partial charge in [-0.1, -0.05) is 81.4 Å². The zero-order chi connectivity index (χ0) is 21.5. The molecule has 0 spiro atoms. The minimum Gasteiger partial charge on any atom is -0.405 e. The van der Waals surface area contributed by atoms with Gasteiger partial charge in [0.05, 0.1) is 19.3 Å². The molecule has 2 aromatic rings. The average molecular weight is 439 g/mol. The van der Waals surface area contributed by atoms with E-state index in [0.29, 0.717) is 0 Å². The van der Waals surface area contributed by atoms with Crippen molar-refractivity contribution in [1.82, 2.24) is 0 Å². The molecule has 2 aromatic carbocycles. The van der Waals surface area contributed by atoms with E-state index in [1.54, 1.807) is 0 Å². The predicted molar refractivity (Wildman–Crippen MR) is 117 cm³/mol. The first-order chi connectivity index (χ1) is 13.7. The molecule has 0 saturated heterocycles. The molecule has 6 nitrogen and oxygen atoms in total. The molecule has 0 bridgehead atoms. The predicted octanol–water partition coefficient (Wildman–Crippen LogP) is 3.34. The van der Waals surface area contributed by atoms with Crippen LogP contribution in [0.2, 0.25) is 5.04 Å². The summed E-state index contributed by atoms with van der Waals surface area (Å²) < 4.78 is 33.3. The monoisotopic (exact) mass is 438 g/mol. The summed E-state index contributed by atoms with van der Waals surface area (Å²) in [5.41, 5.74) is 0. The summed E-state index contributed by atoms with van der Waals surface area (Å²) in [5, 5.41) is 12.5. The van der Waals surface area contributed by atoms with E-state index >= 15 is 0 Å². The van der Waals surface area contributed by atoms with E-state index in [-0.39, 0.29) is 18.3 Å². The second-order valence-corrected chi connectivity index (χ2v) is 13.9. The van der Waals surface area contributed by atoms with Gasteiger partial charge in [0.25, 0.3) is 8.32 Å². The van der Waals surface area contributed by atoms with Crippen LogP contribution in [0, 0.1) is 0 Å². The molecule has 1 atom stereocenters. The number of rotatable bonds is 10. The second kappa shape index (κ2) is 10.1. The summed E-state index contributed by atoms with van der Waals surface area (Å²) in [6.45, 7) is 6.28.